The highest BCUT2D eigenvalue weighted by Crippen LogP contribution is 2.25. The van der Waals surface area contributed by atoms with Crippen LogP contribution >= 0.6 is 11.3 Å². The number of hydrazone groups is 1. The predicted octanol–water partition coefficient (Wildman–Crippen LogP) is 2.30. The lowest BCUT2D eigenvalue weighted by molar-refractivity contribution is -0.121. The molecule has 0 spiro atoms. The Morgan fingerprint density at radius 1 is 1.37 bits per heavy atom. The van der Waals surface area contributed by atoms with Gasteiger partial charge in [0.25, 0.3) is 5.91 Å². The zero-order chi connectivity index (χ0) is 13.8. The Bertz CT molecular complexity index is 583. The van der Waals surface area contributed by atoms with Crippen LogP contribution in [-0.2, 0) is 4.79 Å². The van der Waals surface area contributed by atoms with Crippen molar-refractivity contribution < 1.29 is 4.79 Å². The van der Waals surface area contributed by atoms with Crippen LogP contribution in [0, 0.1) is 0 Å². The number of nitrogens with zero attached hydrogens (tertiary/aromatic N) is 2. The maximum absolute atomic E-state index is 11.5. The molecule has 0 saturated heterocycles. The van der Waals surface area contributed by atoms with E-state index < -0.39 is 0 Å². The number of hydrogen-bond acceptors (Lipinski definition) is 4. The molecule has 0 aliphatic rings. The van der Waals surface area contributed by atoms with Crippen molar-refractivity contribution in [3.05, 3.63) is 35.2 Å². The second-order valence-corrected chi connectivity index (χ2v) is 5.70. The van der Waals surface area contributed by atoms with Crippen LogP contribution < -0.4 is 5.43 Å². The fourth-order valence-corrected chi connectivity index (χ4v) is 2.69. The molecule has 4 nitrogen and oxygen atoms in total. The van der Waals surface area contributed by atoms with Crippen LogP contribution in [0.15, 0.2) is 35.4 Å². The highest BCUT2D eigenvalue weighted by atomic mass is 32.1. The van der Waals surface area contributed by atoms with E-state index in [9.17, 15) is 4.79 Å². The number of amides is 1. The first-order valence-electron chi connectivity index (χ1n) is 6.03. The van der Waals surface area contributed by atoms with Gasteiger partial charge in [-0.25, -0.2) is 5.43 Å². The summed E-state index contributed by atoms with van der Waals surface area (Å²) >= 11 is 1.68. The summed E-state index contributed by atoms with van der Waals surface area (Å²) in [5, 5.41) is 5.35. The normalized spacial score (nSPS) is 12.1. The number of nitrogens with one attached hydrogen (secondary N) is 1. The first kappa shape index (κ1) is 13.7. The Morgan fingerprint density at radius 3 is 2.79 bits per heavy atom. The Labute approximate surface area is 116 Å². The van der Waals surface area contributed by atoms with Crippen LogP contribution in [0.1, 0.15) is 11.8 Å². The summed E-state index contributed by atoms with van der Waals surface area (Å²) in [4.78, 5) is 14.4. The Morgan fingerprint density at radius 2 is 2.11 bits per heavy atom. The molecule has 2 rings (SSSR count). The standard InChI is InChI=1S/C14H17N3OS/c1-10(15-16-14(18)9-17(2)3)13-8-11-6-4-5-7-12(11)19-13/h4-8H,9H2,1-3H3,(H,16,18)/b15-10-. The van der Waals surface area contributed by atoms with E-state index in [0.29, 0.717) is 6.54 Å². The van der Waals surface area contributed by atoms with Crippen LogP contribution in [0.25, 0.3) is 10.1 Å². The molecule has 19 heavy (non-hydrogen) atoms. The first-order chi connectivity index (χ1) is 9.06. The average Bonchev–Trinajstić information content (AvgIpc) is 2.78. The van der Waals surface area contributed by atoms with E-state index in [4.69, 9.17) is 0 Å². The average molecular weight is 275 g/mol. The number of fused-ring (bicyclic) bond motifs is 1. The second kappa shape index (κ2) is 5.95. The van der Waals surface area contributed by atoms with Crippen LogP contribution in [0.4, 0.5) is 0 Å². The Hall–Kier alpha value is -1.72. The van der Waals surface area contributed by atoms with Gasteiger partial charge in [-0.2, -0.15) is 5.10 Å². The molecule has 0 radical (unpaired) electrons. The van der Waals surface area contributed by atoms with E-state index in [0.717, 1.165) is 10.6 Å². The zero-order valence-corrected chi connectivity index (χ0v) is 12.1. The summed E-state index contributed by atoms with van der Waals surface area (Å²) in [7, 11) is 3.70. The number of carbonyl (C=O) groups excluding carboxylic acids is 1. The van der Waals surface area contributed by atoms with Crippen molar-refractivity contribution in [3.8, 4) is 0 Å². The number of rotatable bonds is 4. The van der Waals surface area contributed by atoms with E-state index >= 15 is 0 Å². The quantitative estimate of drug-likeness (QED) is 0.687. The third kappa shape index (κ3) is 3.62. The van der Waals surface area contributed by atoms with Gasteiger partial charge >= 0.3 is 0 Å². The number of carbonyl (C=O) groups is 1. The third-order valence-electron chi connectivity index (χ3n) is 2.59. The van der Waals surface area contributed by atoms with E-state index in [1.807, 2.05) is 33.2 Å². The molecule has 0 unspecified atom stereocenters. The molecule has 2 aromatic rings. The molecule has 0 saturated carbocycles. The van der Waals surface area contributed by atoms with Crippen molar-refractivity contribution in [1.82, 2.24) is 10.3 Å². The maximum Gasteiger partial charge on any atom is 0.254 e. The van der Waals surface area contributed by atoms with Gasteiger partial charge in [0.15, 0.2) is 0 Å². The van der Waals surface area contributed by atoms with Crippen LogP contribution in [0.5, 0.6) is 0 Å². The summed E-state index contributed by atoms with van der Waals surface area (Å²) < 4.78 is 1.23. The lowest BCUT2D eigenvalue weighted by Gasteiger charge is -2.07. The van der Waals surface area contributed by atoms with Crippen LogP contribution in [-0.4, -0.2) is 37.2 Å². The molecule has 0 aliphatic carbocycles. The molecule has 0 fully saturated rings. The van der Waals surface area contributed by atoms with Gasteiger partial charge in [0, 0.05) is 4.70 Å². The largest absolute Gasteiger partial charge is 0.301 e. The molecule has 100 valence electrons. The number of thiophene rings is 1. The van der Waals surface area contributed by atoms with E-state index in [1.165, 1.54) is 10.1 Å². The second-order valence-electron chi connectivity index (χ2n) is 4.62. The molecule has 0 atom stereocenters. The fraction of sp³-hybridized carbons (Fsp3) is 0.286. The molecule has 1 aromatic carbocycles. The summed E-state index contributed by atoms with van der Waals surface area (Å²) in [5.74, 6) is -0.106. The van der Waals surface area contributed by atoms with Crippen molar-refractivity contribution in [2.24, 2.45) is 5.10 Å². The topological polar surface area (TPSA) is 44.7 Å². The van der Waals surface area contributed by atoms with E-state index in [2.05, 4.69) is 28.7 Å². The molecular formula is C14H17N3OS. The van der Waals surface area contributed by atoms with Crippen LogP contribution in [0.3, 0.4) is 0 Å². The fourth-order valence-electron chi connectivity index (χ4n) is 1.68. The molecule has 1 amide bonds. The van der Waals surface area contributed by atoms with Crippen molar-refractivity contribution in [1.29, 1.82) is 0 Å². The number of benzene rings is 1. The van der Waals surface area contributed by atoms with E-state index in [-0.39, 0.29) is 5.91 Å². The minimum Gasteiger partial charge on any atom is -0.301 e. The summed E-state index contributed by atoms with van der Waals surface area (Å²) in [6.45, 7) is 2.24. The van der Waals surface area contributed by atoms with Crippen molar-refractivity contribution in [2.75, 3.05) is 20.6 Å². The SMILES string of the molecule is C/C(=N/NC(=O)CN(C)C)c1cc2ccccc2s1. The number of likely N-dealkylation sites (N-methyl/N-ethyl adjacent to an activating group) is 1. The van der Waals surface area contributed by atoms with Crippen molar-refractivity contribution >= 4 is 33.0 Å². The molecule has 0 bridgehead atoms. The van der Waals surface area contributed by atoms with Gasteiger partial charge in [-0.05, 0) is 38.5 Å². The summed E-state index contributed by atoms with van der Waals surface area (Å²) in [5.41, 5.74) is 3.40. The molecule has 1 aromatic heterocycles. The monoisotopic (exact) mass is 275 g/mol. The van der Waals surface area contributed by atoms with Crippen LogP contribution in [0.2, 0.25) is 0 Å². The maximum atomic E-state index is 11.5. The molecule has 5 heteroatoms. The lowest BCUT2D eigenvalue weighted by Crippen LogP contribution is -2.30. The third-order valence-corrected chi connectivity index (χ3v) is 3.82. The first-order valence-corrected chi connectivity index (χ1v) is 6.84. The summed E-state index contributed by atoms with van der Waals surface area (Å²) in [6.07, 6.45) is 0. The van der Waals surface area contributed by atoms with E-state index in [1.54, 1.807) is 16.2 Å². The van der Waals surface area contributed by atoms with Crippen molar-refractivity contribution in [3.63, 3.8) is 0 Å². The lowest BCUT2D eigenvalue weighted by atomic mass is 10.2. The van der Waals surface area contributed by atoms with Gasteiger partial charge in [-0.15, -0.1) is 11.3 Å². The van der Waals surface area contributed by atoms with Gasteiger partial charge in [0.1, 0.15) is 0 Å². The molecule has 1 heterocycles. The van der Waals surface area contributed by atoms with Crippen molar-refractivity contribution in [2.45, 2.75) is 6.92 Å². The van der Waals surface area contributed by atoms with Gasteiger partial charge in [0.2, 0.25) is 0 Å². The van der Waals surface area contributed by atoms with Gasteiger partial charge in [0.05, 0.1) is 17.1 Å². The Kier molecular flexibility index (Phi) is 4.29. The molecule has 1 N–H and O–H groups in total. The zero-order valence-electron chi connectivity index (χ0n) is 11.3. The Balaban J connectivity index is 2.10. The minimum absolute atomic E-state index is 0.106. The minimum atomic E-state index is -0.106. The number of hydrogen-bond donors (Lipinski definition) is 1. The van der Waals surface area contributed by atoms with Gasteiger partial charge < -0.3 is 4.90 Å². The molecular weight excluding hydrogens is 258 g/mol. The molecule has 0 aliphatic heterocycles. The van der Waals surface area contributed by atoms with Gasteiger partial charge in [-0.1, -0.05) is 18.2 Å². The smallest absolute Gasteiger partial charge is 0.254 e. The van der Waals surface area contributed by atoms with Gasteiger partial charge in [-0.3, -0.25) is 4.79 Å². The highest BCUT2D eigenvalue weighted by Gasteiger charge is 2.05. The summed E-state index contributed by atoms with van der Waals surface area (Å²) in [6, 6.07) is 10.3. The predicted molar refractivity (Wildman–Crippen MR) is 80.7 cm³/mol. The highest BCUT2D eigenvalue weighted by molar-refractivity contribution is 7.20.